The number of hydrogen-bond donors (Lipinski definition) is 0. The summed E-state index contributed by atoms with van der Waals surface area (Å²) in [4.78, 5) is 47.9. The molecule has 0 aliphatic rings. The SMILES string of the molecule is CC(=O)c1ccccc1.CC(C)(C)C(=O)Oc1ccc2ccccc2c1.O=C(Oc1ccc2ccccc2c1)c1ccccc1.O=C(c1ccccc1)C(c1ccc2ccccc2c1)c1ccc2ccccc2c1. The Kier molecular flexibility index (Phi) is 16.7. The molecule has 6 nitrogen and oxygen atoms in total. The van der Waals surface area contributed by atoms with Crippen LogP contribution in [-0.2, 0) is 4.79 Å². The molecule has 0 aliphatic heterocycles. The van der Waals surface area contributed by atoms with Crippen molar-refractivity contribution >= 4 is 66.6 Å². The number of carbonyl (C=O) groups is 4. The van der Waals surface area contributed by atoms with E-state index in [1.54, 1.807) is 19.1 Å². The van der Waals surface area contributed by atoms with Crippen molar-refractivity contribution in [2.45, 2.75) is 33.6 Å². The highest BCUT2D eigenvalue weighted by molar-refractivity contribution is 6.04. The second-order valence-electron chi connectivity index (χ2n) is 18.7. The van der Waals surface area contributed by atoms with Gasteiger partial charge in [-0.2, -0.15) is 0 Å². The average Bonchev–Trinajstić information content (AvgIpc) is 3.44. The molecule has 0 saturated carbocycles. The van der Waals surface area contributed by atoms with Crippen LogP contribution in [0, 0.1) is 5.41 Å². The molecule has 11 rings (SSSR count). The van der Waals surface area contributed by atoms with Gasteiger partial charge in [0.05, 0.1) is 16.9 Å². The molecular weight excluding hydrogens is 913 g/mol. The Morgan fingerprint density at radius 2 is 0.662 bits per heavy atom. The van der Waals surface area contributed by atoms with E-state index in [1.165, 1.54) is 10.8 Å². The normalized spacial score (nSPS) is 10.8. The number of esters is 2. The number of ketones is 2. The summed E-state index contributed by atoms with van der Waals surface area (Å²) in [7, 11) is 0. The molecule has 11 aromatic carbocycles. The molecule has 0 N–H and O–H groups in total. The summed E-state index contributed by atoms with van der Waals surface area (Å²) in [6.07, 6.45) is 0. The quantitative estimate of drug-likeness (QED) is 0.0856. The molecule has 0 saturated heterocycles. The summed E-state index contributed by atoms with van der Waals surface area (Å²) < 4.78 is 10.7. The van der Waals surface area contributed by atoms with Crippen LogP contribution in [0.1, 0.15) is 75.8 Å². The van der Waals surface area contributed by atoms with Gasteiger partial charge in [0.2, 0.25) is 0 Å². The summed E-state index contributed by atoms with van der Waals surface area (Å²) in [6, 6.07) is 84.3. The van der Waals surface area contributed by atoms with Crippen molar-refractivity contribution in [1.82, 2.24) is 0 Å². The highest BCUT2D eigenvalue weighted by Gasteiger charge is 2.25. The highest BCUT2D eigenvalue weighted by atomic mass is 16.5. The summed E-state index contributed by atoms with van der Waals surface area (Å²) in [5.41, 5.74) is 3.62. The van der Waals surface area contributed by atoms with Crippen LogP contribution in [0.2, 0.25) is 0 Å². The Balaban J connectivity index is 0.000000141. The van der Waals surface area contributed by atoms with Gasteiger partial charge in [-0.1, -0.05) is 224 Å². The van der Waals surface area contributed by atoms with Crippen LogP contribution >= 0.6 is 0 Å². The van der Waals surface area contributed by atoms with Gasteiger partial charge >= 0.3 is 11.9 Å². The van der Waals surface area contributed by atoms with Gasteiger partial charge in [-0.3, -0.25) is 14.4 Å². The van der Waals surface area contributed by atoms with E-state index in [1.807, 2.05) is 209 Å². The first-order valence-electron chi connectivity index (χ1n) is 24.5. The molecule has 0 atom stereocenters. The lowest BCUT2D eigenvalue weighted by Crippen LogP contribution is -2.25. The summed E-state index contributed by atoms with van der Waals surface area (Å²) in [6.45, 7) is 7.10. The van der Waals surface area contributed by atoms with E-state index in [9.17, 15) is 19.2 Å². The lowest BCUT2D eigenvalue weighted by Gasteiger charge is -2.18. The van der Waals surface area contributed by atoms with Crippen LogP contribution < -0.4 is 9.47 Å². The van der Waals surface area contributed by atoms with Crippen molar-refractivity contribution in [2.75, 3.05) is 0 Å². The van der Waals surface area contributed by atoms with Crippen LogP contribution in [-0.4, -0.2) is 23.5 Å². The maximum absolute atomic E-state index is 13.6. The Morgan fingerprint density at radius 1 is 0.338 bits per heavy atom. The van der Waals surface area contributed by atoms with Gasteiger partial charge in [-0.05, 0) is 118 Å². The Hall–Kier alpha value is -9.26. The van der Waals surface area contributed by atoms with E-state index < -0.39 is 5.41 Å². The Labute approximate surface area is 432 Å². The minimum absolute atomic E-state index is 0.121. The number of fused-ring (bicyclic) bond motifs is 4. The molecular formula is C68H56O6. The van der Waals surface area contributed by atoms with E-state index >= 15 is 0 Å². The van der Waals surface area contributed by atoms with Gasteiger partial charge in [0.1, 0.15) is 11.5 Å². The van der Waals surface area contributed by atoms with E-state index in [-0.39, 0.29) is 29.4 Å². The molecule has 0 aliphatic carbocycles. The van der Waals surface area contributed by atoms with E-state index in [2.05, 4.69) is 60.7 Å². The fourth-order valence-corrected chi connectivity index (χ4v) is 8.17. The smallest absolute Gasteiger partial charge is 0.343 e. The topological polar surface area (TPSA) is 86.7 Å². The number of rotatable bonds is 8. The molecule has 0 spiro atoms. The molecule has 364 valence electrons. The predicted molar refractivity (Wildman–Crippen MR) is 301 cm³/mol. The number of ether oxygens (including phenoxy) is 2. The van der Waals surface area contributed by atoms with Crippen LogP contribution in [0.25, 0.3) is 43.1 Å². The maximum Gasteiger partial charge on any atom is 0.343 e. The lowest BCUT2D eigenvalue weighted by molar-refractivity contribution is -0.143. The largest absolute Gasteiger partial charge is 0.426 e. The van der Waals surface area contributed by atoms with Gasteiger partial charge in [0.15, 0.2) is 11.6 Å². The van der Waals surface area contributed by atoms with E-state index in [0.717, 1.165) is 54.6 Å². The molecule has 6 heteroatoms. The molecule has 11 aromatic rings. The van der Waals surface area contributed by atoms with Gasteiger partial charge in [-0.15, -0.1) is 0 Å². The zero-order valence-corrected chi connectivity index (χ0v) is 41.9. The second kappa shape index (κ2) is 24.2. The van der Waals surface area contributed by atoms with Crippen LogP contribution in [0.15, 0.2) is 261 Å². The lowest BCUT2D eigenvalue weighted by atomic mass is 9.83. The molecule has 0 unspecified atom stereocenters. The molecule has 0 aromatic heterocycles. The Morgan fingerprint density at radius 3 is 1.04 bits per heavy atom. The van der Waals surface area contributed by atoms with Crippen LogP contribution in [0.5, 0.6) is 11.5 Å². The van der Waals surface area contributed by atoms with Gasteiger partial charge < -0.3 is 9.47 Å². The minimum Gasteiger partial charge on any atom is -0.426 e. The van der Waals surface area contributed by atoms with Gasteiger partial charge in [-0.25, -0.2) is 4.79 Å². The highest BCUT2D eigenvalue weighted by Crippen LogP contribution is 2.33. The van der Waals surface area contributed by atoms with Crippen molar-refractivity contribution in [3.05, 3.63) is 289 Å². The summed E-state index contributed by atoms with van der Waals surface area (Å²) in [5.74, 6) is 0.512. The second-order valence-corrected chi connectivity index (χ2v) is 18.7. The van der Waals surface area contributed by atoms with E-state index in [4.69, 9.17) is 9.47 Å². The van der Waals surface area contributed by atoms with Crippen molar-refractivity contribution in [2.24, 2.45) is 5.41 Å². The third-order valence-electron chi connectivity index (χ3n) is 12.2. The minimum atomic E-state index is -0.481. The number of benzene rings is 11. The van der Waals surface area contributed by atoms with Crippen molar-refractivity contribution in [3.8, 4) is 11.5 Å². The standard InChI is InChI=1S/C28H20O.C17H12O2.C15H16O2.C8H8O/c29-28(22-10-2-1-3-11-22)27(25-16-14-20-8-4-6-12-23(20)18-25)26-17-15-21-9-5-7-13-24(21)19-26;18-17(14-7-2-1-3-8-14)19-16-11-10-13-6-4-5-9-15(13)12-16;1-15(2,3)14(16)17-13-9-8-11-6-4-5-7-12(11)10-13;1-7(9)8-5-3-2-4-6-8/h1-19,27H;1-12H;4-10H,1-3H3;2-6H,1H3. The summed E-state index contributed by atoms with van der Waals surface area (Å²) in [5, 5.41) is 9.06. The summed E-state index contributed by atoms with van der Waals surface area (Å²) >= 11 is 0. The monoisotopic (exact) mass is 968 g/mol. The third-order valence-corrected chi connectivity index (χ3v) is 12.2. The van der Waals surface area contributed by atoms with Gasteiger partial charge in [0, 0.05) is 11.1 Å². The molecule has 0 fully saturated rings. The molecule has 0 amide bonds. The number of carbonyl (C=O) groups excluding carboxylic acids is 4. The molecule has 0 bridgehead atoms. The van der Waals surface area contributed by atoms with Crippen molar-refractivity contribution in [1.29, 1.82) is 0 Å². The molecule has 0 heterocycles. The van der Waals surface area contributed by atoms with Crippen molar-refractivity contribution in [3.63, 3.8) is 0 Å². The first kappa shape index (κ1) is 51.1. The van der Waals surface area contributed by atoms with Crippen LogP contribution in [0.3, 0.4) is 0 Å². The average molecular weight is 969 g/mol. The third kappa shape index (κ3) is 13.6. The Bertz CT molecular complexity index is 3610. The molecule has 0 radical (unpaired) electrons. The fourth-order valence-electron chi connectivity index (χ4n) is 8.17. The molecule has 74 heavy (non-hydrogen) atoms. The number of Topliss-reactive ketones (excluding diaryl/α,β-unsaturated/α-hetero) is 2. The predicted octanol–water partition coefficient (Wildman–Crippen LogP) is 16.7. The maximum atomic E-state index is 13.6. The van der Waals surface area contributed by atoms with Crippen LogP contribution in [0.4, 0.5) is 0 Å². The zero-order valence-electron chi connectivity index (χ0n) is 41.9. The first-order valence-corrected chi connectivity index (χ1v) is 24.5. The fraction of sp³-hybridized carbons (Fsp3) is 0.0882. The van der Waals surface area contributed by atoms with Gasteiger partial charge in [0.25, 0.3) is 0 Å². The first-order chi connectivity index (χ1) is 35.9. The van der Waals surface area contributed by atoms with E-state index in [0.29, 0.717) is 17.1 Å². The zero-order chi connectivity index (χ0) is 51.9. The van der Waals surface area contributed by atoms with Crippen molar-refractivity contribution < 1.29 is 28.7 Å². The number of hydrogen-bond acceptors (Lipinski definition) is 6.